The van der Waals surface area contributed by atoms with Gasteiger partial charge in [-0.05, 0) is 41.8 Å². The second-order valence-corrected chi connectivity index (χ2v) is 6.97. The number of carboxylic acid groups (broad SMARTS) is 1. The van der Waals surface area contributed by atoms with Crippen molar-refractivity contribution in [3.8, 4) is 11.5 Å². The van der Waals surface area contributed by atoms with E-state index in [0.29, 0.717) is 18.7 Å². The molecule has 4 rings (SSSR count). The molecule has 0 radical (unpaired) electrons. The topological polar surface area (TPSA) is 84.9 Å². The van der Waals surface area contributed by atoms with Gasteiger partial charge >= 0.3 is 5.97 Å². The van der Waals surface area contributed by atoms with Gasteiger partial charge in [0.2, 0.25) is 6.79 Å². The number of carboxylic acids is 1. The molecule has 0 fully saturated rings. The van der Waals surface area contributed by atoms with Crippen LogP contribution in [0.3, 0.4) is 0 Å². The maximum atomic E-state index is 12.6. The zero-order valence-corrected chi connectivity index (χ0v) is 16.2. The summed E-state index contributed by atoms with van der Waals surface area (Å²) < 4.78 is 10.9. The van der Waals surface area contributed by atoms with Gasteiger partial charge in [0.1, 0.15) is 0 Å². The summed E-state index contributed by atoms with van der Waals surface area (Å²) in [5.41, 5.74) is 2.33. The van der Waals surface area contributed by atoms with Gasteiger partial charge in [-0.2, -0.15) is 0 Å². The van der Waals surface area contributed by atoms with Crippen LogP contribution in [0.25, 0.3) is 0 Å². The molecule has 152 valence electrons. The molecule has 1 heterocycles. The molecule has 0 saturated carbocycles. The first-order valence-electron chi connectivity index (χ1n) is 9.68. The third kappa shape index (κ3) is 4.12. The van der Waals surface area contributed by atoms with Gasteiger partial charge in [-0.25, -0.2) is 4.79 Å². The van der Waals surface area contributed by atoms with Crippen molar-refractivity contribution < 1.29 is 24.2 Å². The fourth-order valence-corrected chi connectivity index (χ4v) is 3.63. The number of carbonyl (C=O) groups is 2. The Labute approximate surface area is 174 Å². The number of hydrogen-bond donors (Lipinski definition) is 2. The van der Waals surface area contributed by atoms with E-state index >= 15 is 0 Å². The molecule has 3 aromatic carbocycles. The van der Waals surface area contributed by atoms with Crippen molar-refractivity contribution in [1.82, 2.24) is 5.32 Å². The van der Waals surface area contributed by atoms with Crippen LogP contribution in [0, 0.1) is 0 Å². The molecule has 0 spiro atoms. The first kappa shape index (κ1) is 19.5. The number of ether oxygens (including phenoxy) is 2. The van der Waals surface area contributed by atoms with Crippen molar-refractivity contribution in [2.45, 2.75) is 12.3 Å². The number of amides is 1. The standard InChI is InChI=1S/C24H21NO5/c26-23(19-8-4-5-9-20(19)24(27)28)25-13-12-18(16-6-2-1-3-7-16)17-10-11-21-22(14-17)30-15-29-21/h1-11,14,18H,12-13,15H2,(H,25,26)(H,27,28)/t18-/m1/s1. The highest BCUT2D eigenvalue weighted by Crippen LogP contribution is 2.37. The van der Waals surface area contributed by atoms with Crippen LogP contribution in [0.2, 0.25) is 0 Å². The summed E-state index contributed by atoms with van der Waals surface area (Å²) in [6.07, 6.45) is 0.643. The Hall–Kier alpha value is -3.80. The second kappa shape index (κ2) is 8.69. The summed E-state index contributed by atoms with van der Waals surface area (Å²) in [6, 6.07) is 22.1. The van der Waals surface area contributed by atoms with Crippen molar-refractivity contribution >= 4 is 11.9 Å². The minimum Gasteiger partial charge on any atom is -0.478 e. The Bertz CT molecular complexity index is 1060. The molecule has 1 amide bonds. The van der Waals surface area contributed by atoms with Crippen molar-refractivity contribution in [2.75, 3.05) is 13.3 Å². The van der Waals surface area contributed by atoms with E-state index in [2.05, 4.69) is 17.4 Å². The highest BCUT2D eigenvalue weighted by atomic mass is 16.7. The Morgan fingerprint density at radius 2 is 1.57 bits per heavy atom. The highest BCUT2D eigenvalue weighted by Gasteiger charge is 2.20. The molecule has 2 N–H and O–H groups in total. The van der Waals surface area contributed by atoms with Gasteiger partial charge < -0.3 is 19.9 Å². The Morgan fingerprint density at radius 3 is 2.33 bits per heavy atom. The van der Waals surface area contributed by atoms with E-state index in [1.54, 1.807) is 12.1 Å². The van der Waals surface area contributed by atoms with E-state index in [-0.39, 0.29) is 23.8 Å². The lowest BCUT2D eigenvalue weighted by Crippen LogP contribution is -2.27. The molecule has 0 aromatic heterocycles. The number of rotatable bonds is 7. The molecule has 1 aliphatic heterocycles. The average Bonchev–Trinajstić information content (AvgIpc) is 3.25. The minimum atomic E-state index is -1.12. The third-order valence-corrected chi connectivity index (χ3v) is 5.12. The Balaban J connectivity index is 1.51. The lowest BCUT2D eigenvalue weighted by Gasteiger charge is -2.19. The highest BCUT2D eigenvalue weighted by molar-refractivity contribution is 6.04. The van der Waals surface area contributed by atoms with Crippen LogP contribution in [0.1, 0.15) is 44.2 Å². The molecule has 30 heavy (non-hydrogen) atoms. The van der Waals surface area contributed by atoms with Crippen LogP contribution >= 0.6 is 0 Å². The quantitative estimate of drug-likeness (QED) is 0.621. The fraction of sp³-hybridized carbons (Fsp3) is 0.167. The van der Waals surface area contributed by atoms with Gasteiger partial charge in [-0.15, -0.1) is 0 Å². The molecule has 0 unspecified atom stereocenters. The molecule has 6 heteroatoms. The van der Waals surface area contributed by atoms with Crippen LogP contribution in [0.5, 0.6) is 11.5 Å². The van der Waals surface area contributed by atoms with E-state index < -0.39 is 11.9 Å². The molecule has 0 saturated heterocycles. The second-order valence-electron chi connectivity index (χ2n) is 6.97. The predicted octanol–water partition coefficient (Wildman–Crippen LogP) is 4.07. The van der Waals surface area contributed by atoms with Crippen LogP contribution in [-0.4, -0.2) is 30.3 Å². The first-order chi connectivity index (χ1) is 14.6. The van der Waals surface area contributed by atoms with Gasteiger partial charge in [-0.1, -0.05) is 48.5 Å². The molecular weight excluding hydrogens is 382 g/mol. The maximum Gasteiger partial charge on any atom is 0.336 e. The molecular formula is C24H21NO5. The summed E-state index contributed by atoms with van der Waals surface area (Å²) >= 11 is 0. The van der Waals surface area contributed by atoms with Crippen molar-refractivity contribution in [2.24, 2.45) is 0 Å². The van der Waals surface area contributed by atoms with E-state index in [4.69, 9.17) is 9.47 Å². The van der Waals surface area contributed by atoms with Crippen LogP contribution in [0.15, 0.2) is 72.8 Å². The predicted molar refractivity (Wildman–Crippen MR) is 111 cm³/mol. The van der Waals surface area contributed by atoms with E-state index in [9.17, 15) is 14.7 Å². The van der Waals surface area contributed by atoms with Gasteiger partial charge in [0.05, 0.1) is 11.1 Å². The molecule has 1 aliphatic rings. The summed E-state index contributed by atoms with van der Waals surface area (Å²) in [5.74, 6) is -0.0403. The molecule has 0 aliphatic carbocycles. The van der Waals surface area contributed by atoms with Gasteiger partial charge in [0.25, 0.3) is 5.91 Å². The first-order valence-corrected chi connectivity index (χ1v) is 9.68. The van der Waals surface area contributed by atoms with Crippen LogP contribution in [0.4, 0.5) is 0 Å². The lowest BCUT2D eigenvalue weighted by molar-refractivity contribution is 0.0691. The number of benzene rings is 3. The van der Waals surface area contributed by atoms with Gasteiger partial charge in [0.15, 0.2) is 11.5 Å². The van der Waals surface area contributed by atoms with Gasteiger partial charge in [-0.3, -0.25) is 4.79 Å². The van der Waals surface area contributed by atoms with E-state index in [0.717, 1.165) is 16.9 Å². The summed E-state index contributed by atoms with van der Waals surface area (Å²) in [7, 11) is 0. The zero-order chi connectivity index (χ0) is 20.9. The number of fused-ring (bicyclic) bond motifs is 1. The number of nitrogens with one attached hydrogen (secondary N) is 1. The average molecular weight is 403 g/mol. The minimum absolute atomic E-state index is 0.00891. The number of aromatic carboxylic acids is 1. The summed E-state index contributed by atoms with van der Waals surface area (Å²) in [5, 5.41) is 12.2. The molecule has 1 atom stereocenters. The van der Waals surface area contributed by atoms with Crippen molar-refractivity contribution in [3.05, 3.63) is 95.1 Å². The SMILES string of the molecule is O=C(O)c1ccccc1C(=O)NCC[C@H](c1ccccc1)c1ccc2c(c1)OCO2. The Kier molecular flexibility index (Phi) is 5.66. The van der Waals surface area contributed by atoms with Crippen LogP contribution < -0.4 is 14.8 Å². The lowest BCUT2D eigenvalue weighted by atomic mass is 9.88. The zero-order valence-electron chi connectivity index (χ0n) is 16.2. The van der Waals surface area contributed by atoms with E-state index in [1.165, 1.54) is 12.1 Å². The smallest absolute Gasteiger partial charge is 0.336 e. The molecule has 3 aromatic rings. The fourth-order valence-electron chi connectivity index (χ4n) is 3.63. The molecule has 6 nitrogen and oxygen atoms in total. The maximum absolute atomic E-state index is 12.6. The third-order valence-electron chi connectivity index (χ3n) is 5.12. The van der Waals surface area contributed by atoms with Crippen molar-refractivity contribution in [3.63, 3.8) is 0 Å². The Morgan fingerprint density at radius 1 is 0.867 bits per heavy atom. The normalized spacial score (nSPS) is 12.9. The van der Waals surface area contributed by atoms with Crippen molar-refractivity contribution in [1.29, 1.82) is 0 Å². The number of hydrogen-bond acceptors (Lipinski definition) is 4. The van der Waals surface area contributed by atoms with E-state index in [1.807, 2.05) is 36.4 Å². The summed E-state index contributed by atoms with van der Waals surface area (Å²) in [4.78, 5) is 23.9. The monoisotopic (exact) mass is 403 g/mol. The summed E-state index contributed by atoms with van der Waals surface area (Å²) in [6.45, 7) is 0.606. The molecule has 0 bridgehead atoms. The van der Waals surface area contributed by atoms with Gasteiger partial charge in [0, 0.05) is 12.5 Å². The largest absolute Gasteiger partial charge is 0.478 e. The number of carbonyl (C=O) groups excluding carboxylic acids is 1. The van der Waals surface area contributed by atoms with Crippen LogP contribution in [-0.2, 0) is 0 Å².